The van der Waals surface area contributed by atoms with Crippen molar-refractivity contribution < 1.29 is 28.2 Å². The molecule has 0 aromatic heterocycles. The lowest BCUT2D eigenvalue weighted by molar-refractivity contribution is -0.134. The van der Waals surface area contributed by atoms with Gasteiger partial charge in [-0.1, -0.05) is 0 Å². The van der Waals surface area contributed by atoms with E-state index in [1.54, 1.807) is 20.8 Å². The Morgan fingerprint density at radius 2 is 2.05 bits per heavy atom. The molecule has 0 unspecified atom stereocenters. The molecule has 2 amide bonds. The number of alkyl carbamates (subject to hydrolysis) is 1. The van der Waals surface area contributed by atoms with Crippen molar-refractivity contribution in [2.24, 2.45) is 0 Å². The highest BCUT2D eigenvalue weighted by atomic mass is 19.3. The molecule has 20 heavy (non-hydrogen) atoms. The fraction of sp³-hybridized carbons (Fsp3) is 0.833. The number of likely N-dealkylation sites (tertiary alicyclic amines) is 1. The largest absolute Gasteiger partial charge is 0.444 e. The number of aliphatic hydroxyl groups is 1. The van der Waals surface area contributed by atoms with Crippen LogP contribution in [0.2, 0.25) is 0 Å². The van der Waals surface area contributed by atoms with E-state index in [4.69, 9.17) is 9.84 Å². The minimum absolute atomic E-state index is 0.0989. The molecule has 0 aromatic rings. The lowest BCUT2D eigenvalue weighted by Crippen LogP contribution is -2.51. The van der Waals surface area contributed by atoms with E-state index in [0.29, 0.717) is 0 Å². The average molecular weight is 294 g/mol. The molecule has 0 radical (unpaired) electrons. The van der Waals surface area contributed by atoms with Crippen LogP contribution in [-0.2, 0) is 9.53 Å². The lowest BCUT2D eigenvalue weighted by atomic mass is 10.2. The van der Waals surface area contributed by atoms with Crippen LogP contribution in [0.5, 0.6) is 0 Å². The Bertz CT molecular complexity index is 382. The zero-order valence-electron chi connectivity index (χ0n) is 11.8. The van der Waals surface area contributed by atoms with Gasteiger partial charge in [0, 0.05) is 13.0 Å². The summed E-state index contributed by atoms with van der Waals surface area (Å²) in [6, 6.07) is -1.28. The first-order valence-corrected chi connectivity index (χ1v) is 6.31. The van der Waals surface area contributed by atoms with Crippen LogP contribution in [0.25, 0.3) is 0 Å². The van der Waals surface area contributed by atoms with Crippen molar-refractivity contribution in [3.63, 3.8) is 0 Å². The number of alkyl halides is 2. The molecule has 1 heterocycles. The van der Waals surface area contributed by atoms with Gasteiger partial charge < -0.3 is 20.1 Å². The van der Waals surface area contributed by atoms with E-state index >= 15 is 0 Å². The Morgan fingerprint density at radius 1 is 1.45 bits per heavy atom. The van der Waals surface area contributed by atoms with Gasteiger partial charge in [0.25, 0.3) is 5.92 Å². The zero-order chi connectivity index (χ0) is 15.6. The summed E-state index contributed by atoms with van der Waals surface area (Å²) in [5.41, 5.74) is -0.756. The third-order valence-corrected chi connectivity index (χ3v) is 2.65. The SMILES string of the molecule is CC(C)(C)OC(=O)N[C@@H](CO)C(=O)N1CCC(F)(F)C1. The van der Waals surface area contributed by atoms with Crippen LogP contribution in [0.15, 0.2) is 0 Å². The molecule has 0 saturated carbocycles. The summed E-state index contributed by atoms with van der Waals surface area (Å²) in [5.74, 6) is -3.66. The molecule has 0 bridgehead atoms. The lowest BCUT2D eigenvalue weighted by Gasteiger charge is -2.25. The van der Waals surface area contributed by atoms with Gasteiger partial charge in [-0.05, 0) is 20.8 Å². The van der Waals surface area contributed by atoms with Gasteiger partial charge >= 0.3 is 6.09 Å². The third kappa shape index (κ3) is 4.92. The van der Waals surface area contributed by atoms with Crippen molar-refractivity contribution in [2.75, 3.05) is 19.7 Å². The molecule has 1 saturated heterocycles. The zero-order valence-corrected chi connectivity index (χ0v) is 11.8. The molecular weight excluding hydrogens is 274 g/mol. The first-order valence-electron chi connectivity index (χ1n) is 6.31. The maximum absolute atomic E-state index is 13.0. The standard InChI is InChI=1S/C12H20F2N2O4/c1-11(2,3)20-10(19)15-8(6-17)9(18)16-5-4-12(13,14)7-16/h8,17H,4-7H2,1-3H3,(H,15,19)/t8-/m0/s1. The highest BCUT2D eigenvalue weighted by Crippen LogP contribution is 2.27. The number of amides is 2. The second-order valence-corrected chi connectivity index (χ2v) is 5.75. The van der Waals surface area contributed by atoms with Crippen LogP contribution < -0.4 is 5.32 Å². The number of carbonyl (C=O) groups excluding carboxylic acids is 2. The number of aliphatic hydroxyl groups excluding tert-OH is 1. The molecule has 8 heteroatoms. The number of nitrogens with zero attached hydrogens (tertiary/aromatic N) is 1. The van der Waals surface area contributed by atoms with E-state index in [-0.39, 0.29) is 6.54 Å². The molecular formula is C12H20F2N2O4. The molecule has 6 nitrogen and oxygen atoms in total. The molecule has 0 spiro atoms. The second kappa shape index (κ2) is 5.90. The highest BCUT2D eigenvalue weighted by Gasteiger charge is 2.42. The van der Waals surface area contributed by atoms with E-state index in [1.807, 2.05) is 0 Å². The Hall–Kier alpha value is -1.44. The first kappa shape index (κ1) is 16.6. The van der Waals surface area contributed by atoms with E-state index in [0.717, 1.165) is 4.90 Å². The fourth-order valence-corrected chi connectivity index (χ4v) is 1.78. The Labute approximate surface area is 116 Å². The molecule has 116 valence electrons. The summed E-state index contributed by atoms with van der Waals surface area (Å²) in [5, 5.41) is 11.3. The monoisotopic (exact) mass is 294 g/mol. The number of halogens is 2. The first-order chi connectivity index (χ1) is 9.04. The molecule has 1 aliphatic rings. The van der Waals surface area contributed by atoms with E-state index < -0.39 is 49.1 Å². The summed E-state index contributed by atoms with van der Waals surface area (Å²) in [4.78, 5) is 24.4. The number of rotatable bonds is 3. The summed E-state index contributed by atoms with van der Waals surface area (Å²) in [6.45, 7) is 3.45. The number of ether oxygens (including phenoxy) is 1. The molecule has 1 atom stereocenters. The fourth-order valence-electron chi connectivity index (χ4n) is 1.78. The van der Waals surface area contributed by atoms with Gasteiger partial charge in [0.15, 0.2) is 0 Å². The van der Waals surface area contributed by atoms with Crippen LogP contribution in [0.3, 0.4) is 0 Å². The van der Waals surface area contributed by atoms with E-state index in [1.165, 1.54) is 0 Å². The topological polar surface area (TPSA) is 78.9 Å². The highest BCUT2D eigenvalue weighted by molar-refractivity contribution is 5.86. The van der Waals surface area contributed by atoms with Crippen LogP contribution in [-0.4, -0.2) is 59.3 Å². The smallest absolute Gasteiger partial charge is 0.408 e. The predicted octanol–water partition coefficient (Wildman–Crippen LogP) is 0.740. The normalized spacial score (nSPS) is 19.6. The Morgan fingerprint density at radius 3 is 2.45 bits per heavy atom. The van der Waals surface area contributed by atoms with E-state index in [2.05, 4.69) is 5.32 Å². The maximum atomic E-state index is 13.0. The summed E-state index contributed by atoms with van der Waals surface area (Å²) in [7, 11) is 0. The van der Waals surface area contributed by atoms with Gasteiger partial charge in [0.2, 0.25) is 5.91 Å². The molecule has 2 N–H and O–H groups in total. The van der Waals surface area contributed by atoms with Crippen molar-refractivity contribution in [2.45, 2.75) is 44.8 Å². The van der Waals surface area contributed by atoms with Gasteiger partial charge in [-0.25, -0.2) is 13.6 Å². The minimum atomic E-state index is -2.92. The van der Waals surface area contributed by atoms with Crippen LogP contribution in [0.1, 0.15) is 27.2 Å². The van der Waals surface area contributed by atoms with Gasteiger partial charge in [-0.15, -0.1) is 0 Å². The van der Waals surface area contributed by atoms with Crippen molar-refractivity contribution in [3.8, 4) is 0 Å². The van der Waals surface area contributed by atoms with Crippen molar-refractivity contribution in [1.82, 2.24) is 10.2 Å². The number of hydrogen-bond donors (Lipinski definition) is 2. The molecule has 1 fully saturated rings. The van der Waals surface area contributed by atoms with Gasteiger partial charge in [-0.2, -0.15) is 0 Å². The Balaban J connectivity index is 2.58. The average Bonchev–Trinajstić information content (AvgIpc) is 2.63. The molecule has 1 aliphatic heterocycles. The number of nitrogens with one attached hydrogen (secondary N) is 1. The van der Waals surface area contributed by atoms with Crippen molar-refractivity contribution in [3.05, 3.63) is 0 Å². The van der Waals surface area contributed by atoms with Gasteiger partial charge in [0.1, 0.15) is 11.6 Å². The summed E-state index contributed by atoms with van der Waals surface area (Å²) < 4.78 is 31.0. The van der Waals surface area contributed by atoms with Crippen LogP contribution in [0.4, 0.5) is 13.6 Å². The second-order valence-electron chi connectivity index (χ2n) is 5.75. The number of hydrogen-bond acceptors (Lipinski definition) is 4. The predicted molar refractivity (Wildman–Crippen MR) is 66.4 cm³/mol. The number of carbonyl (C=O) groups is 2. The van der Waals surface area contributed by atoms with Crippen molar-refractivity contribution in [1.29, 1.82) is 0 Å². The molecule has 1 rings (SSSR count). The van der Waals surface area contributed by atoms with Gasteiger partial charge in [0.05, 0.1) is 13.2 Å². The van der Waals surface area contributed by atoms with Crippen LogP contribution in [0, 0.1) is 0 Å². The summed E-state index contributed by atoms with van der Waals surface area (Å²) >= 11 is 0. The summed E-state index contributed by atoms with van der Waals surface area (Å²) in [6.07, 6.45) is -1.29. The molecule has 0 aliphatic carbocycles. The minimum Gasteiger partial charge on any atom is -0.444 e. The maximum Gasteiger partial charge on any atom is 0.408 e. The quantitative estimate of drug-likeness (QED) is 0.804. The van der Waals surface area contributed by atoms with Crippen LogP contribution >= 0.6 is 0 Å². The van der Waals surface area contributed by atoms with Gasteiger partial charge in [-0.3, -0.25) is 4.79 Å². The molecule has 0 aromatic carbocycles. The van der Waals surface area contributed by atoms with E-state index in [9.17, 15) is 18.4 Å². The Kier molecular flexibility index (Phi) is 4.90. The van der Waals surface area contributed by atoms with Crippen molar-refractivity contribution >= 4 is 12.0 Å². The third-order valence-electron chi connectivity index (χ3n) is 2.65.